The zero-order chi connectivity index (χ0) is 17.3. The van der Waals surface area contributed by atoms with E-state index in [-0.39, 0.29) is 29.1 Å². The number of amides is 2. The van der Waals surface area contributed by atoms with Crippen LogP contribution in [-0.2, 0) is 15.0 Å². The fraction of sp³-hybridized carbons (Fsp3) is 0.526. The molecule has 3 aliphatic rings. The maximum absolute atomic E-state index is 12.4. The maximum atomic E-state index is 12.4. The van der Waals surface area contributed by atoms with Crippen molar-refractivity contribution in [2.45, 2.75) is 46.0 Å². The van der Waals surface area contributed by atoms with Crippen molar-refractivity contribution >= 4 is 23.2 Å². The van der Waals surface area contributed by atoms with E-state index in [2.05, 4.69) is 35.8 Å². The second-order valence-electron chi connectivity index (χ2n) is 8.23. The maximum Gasteiger partial charge on any atom is 0.243 e. The number of rotatable bonds is 1. The molecule has 5 nitrogen and oxygen atoms in total. The molecule has 0 spiro atoms. The number of nitrogens with one attached hydrogen (secondary N) is 2. The first kappa shape index (κ1) is 15.4. The lowest BCUT2D eigenvalue weighted by Gasteiger charge is -2.46. The number of hydrazone groups is 1. The van der Waals surface area contributed by atoms with Crippen LogP contribution in [0.2, 0.25) is 0 Å². The normalized spacial score (nSPS) is 29.4. The SMILES string of the molecule is CC1(C)C(=O)Nc2ccc(C3=NNC(=O)C4CCC34)cc2C1(C)C. The highest BCUT2D eigenvalue weighted by Gasteiger charge is 2.49. The van der Waals surface area contributed by atoms with E-state index >= 15 is 0 Å². The van der Waals surface area contributed by atoms with E-state index in [1.165, 1.54) is 0 Å². The van der Waals surface area contributed by atoms with Gasteiger partial charge in [-0.3, -0.25) is 9.59 Å². The van der Waals surface area contributed by atoms with Crippen molar-refractivity contribution < 1.29 is 9.59 Å². The van der Waals surface area contributed by atoms with Gasteiger partial charge in [0.05, 0.1) is 11.1 Å². The minimum atomic E-state index is -0.500. The molecule has 0 bridgehead atoms. The number of hydrogen-bond acceptors (Lipinski definition) is 3. The Morgan fingerprint density at radius 1 is 1.04 bits per heavy atom. The van der Waals surface area contributed by atoms with Crippen LogP contribution in [0, 0.1) is 17.3 Å². The van der Waals surface area contributed by atoms with Gasteiger partial charge in [-0.25, -0.2) is 5.43 Å². The van der Waals surface area contributed by atoms with Gasteiger partial charge in [-0.2, -0.15) is 5.10 Å². The third-order valence-electron chi connectivity index (χ3n) is 6.62. The largest absolute Gasteiger partial charge is 0.325 e. The van der Waals surface area contributed by atoms with Crippen LogP contribution in [0.15, 0.2) is 23.3 Å². The second kappa shape index (κ2) is 4.68. The third-order valence-corrected chi connectivity index (χ3v) is 6.62. The molecule has 1 aliphatic carbocycles. The highest BCUT2D eigenvalue weighted by Crippen LogP contribution is 2.49. The highest BCUT2D eigenvalue weighted by atomic mass is 16.2. The molecule has 1 saturated carbocycles. The summed E-state index contributed by atoms with van der Waals surface area (Å²) in [6, 6.07) is 6.10. The van der Waals surface area contributed by atoms with Gasteiger partial charge in [0.25, 0.3) is 0 Å². The number of benzene rings is 1. The molecule has 24 heavy (non-hydrogen) atoms. The molecule has 2 atom stereocenters. The van der Waals surface area contributed by atoms with Gasteiger partial charge in [0.15, 0.2) is 0 Å². The Labute approximate surface area is 141 Å². The fourth-order valence-corrected chi connectivity index (χ4v) is 3.93. The van der Waals surface area contributed by atoms with Gasteiger partial charge >= 0.3 is 0 Å². The van der Waals surface area contributed by atoms with Crippen molar-refractivity contribution in [3.63, 3.8) is 0 Å². The molecule has 1 fully saturated rings. The first-order valence-electron chi connectivity index (χ1n) is 8.57. The molecule has 2 aliphatic heterocycles. The van der Waals surface area contributed by atoms with E-state index < -0.39 is 5.41 Å². The summed E-state index contributed by atoms with van der Waals surface area (Å²) in [6.07, 6.45) is 1.95. The highest BCUT2D eigenvalue weighted by molar-refractivity contribution is 6.08. The van der Waals surface area contributed by atoms with Gasteiger partial charge in [-0.05, 0) is 36.1 Å². The lowest BCUT2D eigenvalue weighted by Crippen LogP contribution is -2.50. The summed E-state index contributed by atoms with van der Waals surface area (Å²) in [4.78, 5) is 24.3. The standard InChI is InChI=1S/C19H23N3O2/c1-18(2)13-9-10(5-8-14(13)20-17(24)19(18,3)4)15-11-6-7-12(11)16(23)22-21-15/h5,8-9,11-12H,6-7H2,1-4H3,(H,20,24)(H,22,23). The summed E-state index contributed by atoms with van der Waals surface area (Å²) in [5.41, 5.74) is 5.89. The Hall–Kier alpha value is -2.17. The van der Waals surface area contributed by atoms with Crippen LogP contribution in [0.4, 0.5) is 5.69 Å². The van der Waals surface area contributed by atoms with E-state index in [1.807, 2.05) is 26.0 Å². The van der Waals surface area contributed by atoms with E-state index in [4.69, 9.17) is 0 Å². The van der Waals surface area contributed by atoms with Gasteiger partial charge in [0.2, 0.25) is 11.8 Å². The van der Waals surface area contributed by atoms with Crippen LogP contribution in [-0.4, -0.2) is 17.5 Å². The molecule has 0 saturated heterocycles. The second-order valence-corrected chi connectivity index (χ2v) is 8.23. The number of hydrogen-bond donors (Lipinski definition) is 2. The first-order chi connectivity index (χ1) is 11.2. The zero-order valence-corrected chi connectivity index (χ0v) is 14.6. The predicted octanol–water partition coefficient (Wildman–Crippen LogP) is 2.80. The van der Waals surface area contributed by atoms with E-state index in [1.54, 1.807) is 0 Å². The van der Waals surface area contributed by atoms with Gasteiger partial charge in [-0.15, -0.1) is 0 Å². The molecule has 0 radical (unpaired) electrons. The van der Waals surface area contributed by atoms with Crippen LogP contribution in [0.5, 0.6) is 0 Å². The fourth-order valence-electron chi connectivity index (χ4n) is 3.93. The van der Waals surface area contributed by atoms with E-state index in [0.717, 1.165) is 35.4 Å². The average Bonchev–Trinajstić information content (AvgIpc) is 2.48. The Bertz CT molecular complexity index is 792. The molecule has 5 heteroatoms. The van der Waals surface area contributed by atoms with Crippen molar-refractivity contribution in [2.24, 2.45) is 22.4 Å². The topological polar surface area (TPSA) is 70.6 Å². The number of fused-ring (bicyclic) bond motifs is 2. The molecule has 2 N–H and O–H groups in total. The summed E-state index contributed by atoms with van der Waals surface area (Å²) in [6.45, 7) is 8.20. The zero-order valence-electron chi connectivity index (χ0n) is 14.6. The van der Waals surface area contributed by atoms with Gasteiger partial charge in [0.1, 0.15) is 0 Å². The number of anilines is 1. The lowest BCUT2D eigenvalue weighted by atomic mass is 9.61. The molecule has 1 aromatic rings. The van der Waals surface area contributed by atoms with Crippen molar-refractivity contribution in [1.29, 1.82) is 0 Å². The summed E-state index contributed by atoms with van der Waals surface area (Å²) < 4.78 is 0. The van der Waals surface area contributed by atoms with E-state index in [9.17, 15) is 9.59 Å². The van der Waals surface area contributed by atoms with Crippen molar-refractivity contribution in [1.82, 2.24) is 5.43 Å². The molecular formula is C19H23N3O2. The van der Waals surface area contributed by atoms with E-state index in [0.29, 0.717) is 0 Å². The lowest BCUT2D eigenvalue weighted by molar-refractivity contribution is -0.129. The number of carbonyl (C=O) groups is 2. The Kier molecular flexibility index (Phi) is 3.00. The number of nitrogens with zero attached hydrogens (tertiary/aromatic N) is 1. The van der Waals surface area contributed by atoms with Gasteiger partial charge in [-0.1, -0.05) is 33.8 Å². The van der Waals surface area contributed by atoms with Gasteiger partial charge in [0, 0.05) is 22.9 Å². The molecule has 2 heterocycles. The predicted molar refractivity (Wildman–Crippen MR) is 92.8 cm³/mol. The quantitative estimate of drug-likeness (QED) is 0.833. The minimum Gasteiger partial charge on any atom is -0.325 e. The number of carbonyl (C=O) groups excluding carboxylic acids is 2. The first-order valence-corrected chi connectivity index (χ1v) is 8.57. The third kappa shape index (κ3) is 1.84. The van der Waals surface area contributed by atoms with Crippen LogP contribution in [0.1, 0.15) is 51.7 Å². The van der Waals surface area contributed by atoms with Crippen LogP contribution in [0.3, 0.4) is 0 Å². The Morgan fingerprint density at radius 2 is 1.75 bits per heavy atom. The van der Waals surface area contributed by atoms with Crippen LogP contribution < -0.4 is 10.7 Å². The summed E-state index contributed by atoms with van der Waals surface area (Å²) in [7, 11) is 0. The van der Waals surface area contributed by atoms with Crippen LogP contribution in [0.25, 0.3) is 0 Å². The van der Waals surface area contributed by atoms with Crippen LogP contribution >= 0.6 is 0 Å². The average molecular weight is 325 g/mol. The summed E-state index contributed by atoms with van der Waals surface area (Å²) in [5.74, 6) is 0.388. The summed E-state index contributed by atoms with van der Waals surface area (Å²) >= 11 is 0. The van der Waals surface area contributed by atoms with Gasteiger partial charge < -0.3 is 5.32 Å². The molecule has 126 valence electrons. The summed E-state index contributed by atoms with van der Waals surface area (Å²) in [5, 5.41) is 7.37. The molecule has 2 amide bonds. The molecular weight excluding hydrogens is 302 g/mol. The Morgan fingerprint density at radius 3 is 2.42 bits per heavy atom. The smallest absolute Gasteiger partial charge is 0.243 e. The van der Waals surface area contributed by atoms with Crippen molar-refractivity contribution in [3.05, 3.63) is 29.3 Å². The minimum absolute atomic E-state index is 0.0432. The Balaban J connectivity index is 1.80. The molecule has 2 unspecified atom stereocenters. The molecule has 4 rings (SSSR count). The monoisotopic (exact) mass is 325 g/mol. The molecule has 0 aromatic heterocycles. The molecule has 1 aromatic carbocycles. The van der Waals surface area contributed by atoms with Crippen molar-refractivity contribution in [3.8, 4) is 0 Å². The van der Waals surface area contributed by atoms with Crippen molar-refractivity contribution in [2.75, 3.05) is 5.32 Å².